The van der Waals surface area contributed by atoms with E-state index in [0.29, 0.717) is 16.3 Å². The maximum atomic E-state index is 12.2. The Morgan fingerprint density at radius 1 is 1.27 bits per heavy atom. The number of nitrogens with one attached hydrogen (secondary N) is 1. The zero-order valence-corrected chi connectivity index (χ0v) is 12.7. The Balaban J connectivity index is 1.73. The number of cyclic esters (lactones) is 1. The molecule has 0 aromatic heterocycles. The number of ether oxygens (including phenoxy) is 1. The van der Waals surface area contributed by atoms with Crippen molar-refractivity contribution in [2.75, 3.05) is 5.32 Å². The van der Waals surface area contributed by atoms with Gasteiger partial charge in [-0.3, -0.25) is 4.79 Å². The molecule has 0 spiro atoms. The Bertz CT molecular complexity index is 757. The number of hydrogen-bond donors (Lipinski definition) is 1. The first-order chi connectivity index (χ1) is 10.5. The minimum absolute atomic E-state index is 0.0781. The van der Waals surface area contributed by atoms with E-state index in [0.717, 1.165) is 11.1 Å². The maximum absolute atomic E-state index is 12.2. The third-order valence-electron chi connectivity index (χ3n) is 3.62. The van der Waals surface area contributed by atoms with Crippen LogP contribution in [-0.2, 0) is 9.53 Å². The van der Waals surface area contributed by atoms with Gasteiger partial charge in [0.2, 0.25) is 5.91 Å². The first kappa shape index (κ1) is 14.6. The number of esters is 1. The van der Waals surface area contributed by atoms with Gasteiger partial charge in [0, 0.05) is 16.3 Å². The highest BCUT2D eigenvalue weighted by Gasteiger charge is 2.32. The number of hydrogen-bond acceptors (Lipinski definition) is 3. The molecule has 112 valence electrons. The molecule has 4 nitrogen and oxygen atoms in total. The first-order valence-electron chi connectivity index (χ1n) is 6.90. The van der Waals surface area contributed by atoms with E-state index < -0.39 is 6.10 Å². The van der Waals surface area contributed by atoms with Crippen molar-refractivity contribution >= 4 is 29.2 Å². The molecule has 5 heteroatoms. The van der Waals surface area contributed by atoms with Gasteiger partial charge in [-0.25, -0.2) is 4.79 Å². The van der Waals surface area contributed by atoms with E-state index in [9.17, 15) is 9.59 Å². The maximum Gasteiger partial charge on any atom is 0.339 e. The van der Waals surface area contributed by atoms with Gasteiger partial charge in [0.25, 0.3) is 0 Å². The standard InChI is InChI=1S/C17H14ClNO3/c1-10-6-7-11(18)8-14(10)19-16(20)9-15-12-4-2-3-5-13(12)17(21)22-15/h2-8,15H,9H2,1H3,(H,19,20)/t15-/m0/s1. The number of aryl methyl sites for hydroxylation is 1. The van der Waals surface area contributed by atoms with Crippen LogP contribution < -0.4 is 5.32 Å². The highest BCUT2D eigenvalue weighted by atomic mass is 35.5. The molecule has 2 aromatic rings. The van der Waals surface area contributed by atoms with E-state index in [4.69, 9.17) is 16.3 Å². The number of benzene rings is 2. The molecule has 0 bridgehead atoms. The van der Waals surface area contributed by atoms with Gasteiger partial charge in [-0.05, 0) is 30.7 Å². The molecule has 1 amide bonds. The SMILES string of the molecule is Cc1ccc(Cl)cc1NC(=O)C[C@@H]1OC(=O)c2ccccc21. The van der Waals surface area contributed by atoms with Crippen LogP contribution >= 0.6 is 11.6 Å². The van der Waals surface area contributed by atoms with Gasteiger partial charge in [0.05, 0.1) is 12.0 Å². The summed E-state index contributed by atoms with van der Waals surface area (Å²) < 4.78 is 5.27. The highest BCUT2D eigenvalue weighted by molar-refractivity contribution is 6.31. The van der Waals surface area contributed by atoms with Gasteiger partial charge in [0.15, 0.2) is 0 Å². The molecular formula is C17H14ClNO3. The van der Waals surface area contributed by atoms with E-state index >= 15 is 0 Å². The van der Waals surface area contributed by atoms with E-state index in [-0.39, 0.29) is 18.3 Å². The van der Waals surface area contributed by atoms with Gasteiger partial charge in [-0.2, -0.15) is 0 Å². The molecule has 1 aliphatic heterocycles. The lowest BCUT2D eigenvalue weighted by atomic mass is 10.0. The molecule has 22 heavy (non-hydrogen) atoms. The predicted molar refractivity (Wildman–Crippen MR) is 84.0 cm³/mol. The summed E-state index contributed by atoms with van der Waals surface area (Å²) in [5.74, 6) is -0.604. The van der Waals surface area contributed by atoms with Gasteiger partial charge in [0.1, 0.15) is 6.10 Å². The van der Waals surface area contributed by atoms with E-state index in [1.54, 1.807) is 24.3 Å². The molecule has 1 aliphatic rings. The predicted octanol–water partition coefficient (Wildman–Crippen LogP) is 3.89. The van der Waals surface area contributed by atoms with E-state index in [1.165, 1.54) is 0 Å². The summed E-state index contributed by atoms with van der Waals surface area (Å²) in [7, 11) is 0. The lowest BCUT2D eigenvalue weighted by molar-refractivity contribution is -0.118. The van der Waals surface area contributed by atoms with Gasteiger partial charge < -0.3 is 10.1 Å². The Morgan fingerprint density at radius 3 is 2.86 bits per heavy atom. The molecule has 1 heterocycles. The molecule has 0 saturated carbocycles. The number of fused-ring (bicyclic) bond motifs is 1. The third-order valence-corrected chi connectivity index (χ3v) is 3.86. The molecule has 0 unspecified atom stereocenters. The van der Waals surface area contributed by atoms with Crippen molar-refractivity contribution in [2.45, 2.75) is 19.4 Å². The van der Waals surface area contributed by atoms with Crippen molar-refractivity contribution in [3.05, 3.63) is 64.2 Å². The summed E-state index contributed by atoms with van der Waals surface area (Å²) in [6, 6.07) is 12.4. The minimum Gasteiger partial charge on any atom is -0.453 e. The van der Waals surface area contributed by atoms with Crippen LogP contribution in [-0.4, -0.2) is 11.9 Å². The fourth-order valence-corrected chi connectivity index (χ4v) is 2.64. The van der Waals surface area contributed by atoms with Gasteiger partial charge in [-0.1, -0.05) is 35.9 Å². The van der Waals surface area contributed by atoms with Crippen LogP contribution in [0, 0.1) is 6.92 Å². The summed E-state index contributed by atoms with van der Waals surface area (Å²) >= 11 is 5.94. The van der Waals surface area contributed by atoms with Gasteiger partial charge >= 0.3 is 5.97 Å². The van der Waals surface area contributed by atoms with Crippen LogP contribution in [0.25, 0.3) is 0 Å². The van der Waals surface area contributed by atoms with Crippen molar-refractivity contribution < 1.29 is 14.3 Å². The van der Waals surface area contributed by atoms with Crippen LogP contribution in [0.1, 0.15) is 34.0 Å². The average Bonchev–Trinajstić information content (AvgIpc) is 2.80. The second kappa shape index (κ2) is 5.81. The lowest BCUT2D eigenvalue weighted by Gasteiger charge is -2.12. The fourth-order valence-electron chi connectivity index (χ4n) is 2.47. The number of rotatable bonds is 3. The largest absolute Gasteiger partial charge is 0.453 e. The summed E-state index contributed by atoms with van der Waals surface area (Å²) in [6.07, 6.45) is -0.461. The molecule has 2 aromatic carbocycles. The van der Waals surface area contributed by atoms with Crippen molar-refractivity contribution in [3.8, 4) is 0 Å². The molecular weight excluding hydrogens is 302 g/mol. The smallest absolute Gasteiger partial charge is 0.339 e. The summed E-state index contributed by atoms with van der Waals surface area (Å²) in [4.78, 5) is 23.9. The summed E-state index contributed by atoms with van der Waals surface area (Å²) in [5.41, 5.74) is 2.86. The van der Waals surface area contributed by atoms with Gasteiger partial charge in [-0.15, -0.1) is 0 Å². The zero-order valence-electron chi connectivity index (χ0n) is 11.9. The number of anilines is 1. The quantitative estimate of drug-likeness (QED) is 0.874. The Hall–Kier alpha value is -2.33. The highest BCUT2D eigenvalue weighted by Crippen LogP contribution is 2.33. The molecule has 0 radical (unpaired) electrons. The second-order valence-corrected chi connectivity index (χ2v) is 5.63. The zero-order chi connectivity index (χ0) is 15.7. The average molecular weight is 316 g/mol. The Morgan fingerprint density at radius 2 is 2.05 bits per heavy atom. The van der Waals surface area contributed by atoms with Crippen LogP contribution in [0.2, 0.25) is 5.02 Å². The van der Waals surface area contributed by atoms with Crippen molar-refractivity contribution in [2.24, 2.45) is 0 Å². The fraction of sp³-hybridized carbons (Fsp3) is 0.176. The second-order valence-electron chi connectivity index (χ2n) is 5.19. The van der Waals surface area contributed by atoms with Crippen molar-refractivity contribution in [1.82, 2.24) is 0 Å². The van der Waals surface area contributed by atoms with Crippen LogP contribution in [0.5, 0.6) is 0 Å². The van der Waals surface area contributed by atoms with E-state index in [2.05, 4.69) is 5.32 Å². The van der Waals surface area contributed by atoms with Crippen LogP contribution in [0.15, 0.2) is 42.5 Å². The minimum atomic E-state index is -0.539. The normalized spacial score (nSPS) is 16.1. The molecule has 1 atom stereocenters. The first-order valence-corrected chi connectivity index (χ1v) is 7.28. The lowest BCUT2D eigenvalue weighted by Crippen LogP contribution is -2.16. The molecule has 3 rings (SSSR count). The third kappa shape index (κ3) is 2.83. The van der Waals surface area contributed by atoms with E-state index in [1.807, 2.05) is 25.1 Å². The number of amides is 1. The Labute approximate surface area is 133 Å². The number of carbonyl (C=O) groups is 2. The number of halogens is 1. The summed E-state index contributed by atoms with van der Waals surface area (Å²) in [5, 5.41) is 3.36. The van der Waals surface area contributed by atoms with Crippen molar-refractivity contribution in [3.63, 3.8) is 0 Å². The topological polar surface area (TPSA) is 55.4 Å². The van der Waals surface area contributed by atoms with Crippen LogP contribution in [0.4, 0.5) is 5.69 Å². The Kier molecular flexibility index (Phi) is 3.86. The molecule has 0 aliphatic carbocycles. The monoisotopic (exact) mass is 315 g/mol. The number of carbonyl (C=O) groups excluding carboxylic acids is 2. The van der Waals surface area contributed by atoms with Crippen LogP contribution in [0.3, 0.4) is 0 Å². The molecule has 1 N–H and O–H groups in total. The summed E-state index contributed by atoms with van der Waals surface area (Å²) in [6.45, 7) is 1.89. The molecule has 0 saturated heterocycles. The molecule has 0 fully saturated rings. The van der Waals surface area contributed by atoms with Crippen molar-refractivity contribution in [1.29, 1.82) is 0 Å².